The molecule has 0 aliphatic carbocycles. The molecular weight excluding hydrogens is 244 g/mol. The number of nitrogens with one attached hydrogen (secondary N) is 1. The number of anilines is 1. The van der Waals surface area contributed by atoms with Crippen LogP contribution in [0.1, 0.15) is 21.9 Å². The Labute approximate surface area is 110 Å². The molecule has 0 amide bonds. The molecule has 0 bridgehead atoms. The second-order valence-corrected chi connectivity index (χ2v) is 3.92. The number of rotatable bonds is 4. The van der Waals surface area contributed by atoms with Crippen LogP contribution in [0.25, 0.3) is 0 Å². The van der Waals surface area contributed by atoms with Crippen molar-refractivity contribution in [2.24, 2.45) is 0 Å². The molecule has 0 saturated carbocycles. The van der Waals surface area contributed by atoms with Crippen molar-refractivity contribution in [1.82, 2.24) is 15.2 Å². The van der Waals surface area contributed by atoms with E-state index < -0.39 is 5.97 Å². The Bertz CT molecular complexity index is 569. The van der Waals surface area contributed by atoms with E-state index in [-0.39, 0.29) is 5.69 Å². The van der Waals surface area contributed by atoms with Gasteiger partial charge < -0.3 is 10.1 Å². The van der Waals surface area contributed by atoms with Crippen LogP contribution in [-0.2, 0) is 11.3 Å². The summed E-state index contributed by atoms with van der Waals surface area (Å²) in [7, 11) is 1.31. The monoisotopic (exact) mass is 258 g/mol. The Hall–Kier alpha value is -2.50. The van der Waals surface area contributed by atoms with Crippen molar-refractivity contribution >= 4 is 11.8 Å². The Kier molecular flexibility index (Phi) is 4.02. The van der Waals surface area contributed by atoms with E-state index in [0.717, 1.165) is 11.4 Å². The third-order valence-electron chi connectivity index (χ3n) is 2.46. The quantitative estimate of drug-likeness (QED) is 0.839. The molecule has 6 heteroatoms. The van der Waals surface area contributed by atoms with E-state index in [9.17, 15) is 4.79 Å². The highest BCUT2D eigenvalue weighted by molar-refractivity contribution is 5.86. The SMILES string of the molecule is COC(=O)c1ccc(NCc2cccc(C)n2)nn1. The molecular formula is C13H14N4O2. The fraction of sp³-hybridized carbons (Fsp3) is 0.231. The summed E-state index contributed by atoms with van der Waals surface area (Å²) >= 11 is 0. The van der Waals surface area contributed by atoms with Gasteiger partial charge in [0.2, 0.25) is 0 Å². The van der Waals surface area contributed by atoms with Crippen molar-refractivity contribution in [3.05, 3.63) is 47.4 Å². The van der Waals surface area contributed by atoms with Crippen LogP contribution in [0.2, 0.25) is 0 Å². The lowest BCUT2D eigenvalue weighted by Gasteiger charge is -2.05. The molecule has 0 fully saturated rings. The van der Waals surface area contributed by atoms with Crippen molar-refractivity contribution < 1.29 is 9.53 Å². The summed E-state index contributed by atoms with van der Waals surface area (Å²) in [5.41, 5.74) is 2.06. The molecule has 6 nitrogen and oxygen atoms in total. The van der Waals surface area contributed by atoms with Crippen molar-refractivity contribution in [2.75, 3.05) is 12.4 Å². The number of hydrogen-bond donors (Lipinski definition) is 1. The van der Waals surface area contributed by atoms with E-state index in [1.807, 2.05) is 25.1 Å². The van der Waals surface area contributed by atoms with Crippen LogP contribution in [0.4, 0.5) is 5.82 Å². The van der Waals surface area contributed by atoms with Crippen LogP contribution < -0.4 is 5.32 Å². The van der Waals surface area contributed by atoms with Crippen LogP contribution >= 0.6 is 0 Å². The average molecular weight is 258 g/mol. The fourth-order valence-electron chi connectivity index (χ4n) is 1.52. The van der Waals surface area contributed by atoms with Crippen LogP contribution in [0, 0.1) is 6.92 Å². The Morgan fingerprint density at radius 2 is 2.11 bits per heavy atom. The molecule has 0 aliphatic heterocycles. The number of pyridine rings is 1. The normalized spacial score (nSPS) is 10.0. The lowest BCUT2D eigenvalue weighted by Crippen LogP contribution is -2.08. The first-order chi connectivity index (χ1) is 9.19. The predicted octanol–water partition coefficient (Wildman–Crippen LogP) is 1.58. The summed E-state index contributed by atoms with van der Waals surface area (Å²) < 4.78 is 4.55. The van der Waals surface area contributed by atoms with Crippen molar-refractivity contribution in [3.8, 4) is 0 Å². The van der Waals surface area contributed by atoms with E-state index in [2.05, 4.69) is 25.2 Å². The number of ether oxygens (including phenoxy) is 1. The largest absolute Gasteiger partial charge is 0.464 e. The number of methoxy groups -OCH3 is 1. The van der Waals surface area contributed by atoms with Crippen LogP contribution in [0.5, 0.6) is 0 Å². The van der Waals surface area contributed by atoms with Gasteiger partial charge in [0.05, 0.1) is 19.3 Å². The zero-order valence-corrected chi connectivity index (χ0v) is 10.8. The summed E-state index contributed by atoms with van der Waals surface area (Å²) in [4.78, 5) is 15.5. The first-order valence-corrected chi connectivity index (χ1v) is 5.77. The Morgan fingerprint density at radius 1 is 1.26 bits per heavy atom. The maximum Gasteiger partial charge on any atom is 0.358 e. The maximum absolute atomic E-state index is 11.2. The van der Waals surface area contributed by atoms with Crippen LogP contribution in [0.15, 0.2) is 30.3 Å². The van der Waals surface area contributed by atoms with Gasteiger partial charge in [-0.2, -0.15) is 0 Å². The molecule has 2 aromatic heterocycles. The molecule has 0 saturated heterocycles. The molecule has 0 spiro atoms. The number of aryl methyl sites for hydroxylation is 1. The Morgan fingerprint density at radius 3 is 2.74 bits per heavy atom. The van der Waals surface area contributed by atoms with Gasteiger partial charge in [-0.3, -0.25) is 4.98 Å². The lowest BCUT2D eigenvalue weighted by atomic mass is 10.3. The minimum absolute atomic E-state index is 0.182. The fourth-order valence-corrected chi connectivity index (χ4v) is 1.52. The average Bonchev–Trinajstić information content (AvgIpc) is 2.45. The van der Waals surface area contributed by atoms with Gasteiger partial charge in [-0.05, 0) is 31.2 Å². The molecule has 19 heavy (non-hydrogen) atoms. The van der Waals surface area contributed by atoms with Crippen molar-refractivity contribution in [3.63, 3.8) is 0 Å². The third kappa shape index (κ3) is 3.48. The zero-order valence-electron chi connectivity index (χ0n) is 10.8. The second-order valence-electron chi connectivity index (χ2n) is 3.92. The standard InChI is InChI=1S/C13H14N4O2/c1-9-4-3-5-10(15-9)8-14-12-7-6-11(16-17-12)13(18)19-2/h3-7H,8H2,1-2H3,(H,14,17). The molecule has 0 radical (unpaired) electrons. The van der Waals surface area contributed by atoms with Gasteiger partial charge in [0.25, 0.3) is 0 Å². The molecule has 0 aromatic carbocycles. The molecule has 2 aromatic rings. The summed E-state index contributed by atoms with van der Waals surface area (Å²) in [6, 6.07) is 9.05. The lowest BCUT2D eigenvalue weighted by molar-refractivity contribution is 0.0593. The highest BCUT2D eigenvalue weighted by Crippen LogP contribution is 2.05. The van der Waals surface area contributed by atoms with Gasteiger partial charge >= 0.3 is 5.97 Å². The summed E-state index contributed by atoms with van der Waals surface area (Å²) in [5, 5.41) is 10.8. The van der Waals surface area contributed by atoms with Crippen LogP contribution in [-0.4, -0.2) is 28.3 Å². The van der Waals surface area contributed by atoms with Gasteiger partial charge in [0.15, 0.2) is 5.69 Å². The number of carbonyl (C=O) groups excluding carboxylic acids is 1. The number of esters is 1. The maximum atomic E-state index is 11.2. The summed E-state index contributed by atoms with van der Waals surface area (Å²) in [5.74, 6) is 0.0790. The number of hydrogen-bond acceptors (Lipinski definition) is 6. The van der Waals surface area contributed by atoms with E-state index in [1.54, 1.807) is 12.1 Å². The molecule has 2 heterocycles. The minimum atomic E-state index is -0.501. The molecule has 98 valence electrons. The van der Waals surface area contributed by atoms with E-state index in [4.69, 9.17) is 0 Å². The van der Waals surface area contributed by atoms with Crippen LogP contribution in [0.3, 0.4) is 0 Å². The highest BCUT2D eigenvalue weighted by atomic mass is 16.5. The molecule has 0 aliphatic rings. The van der Waals surface area contributed by atoms with Gasteiger partial charge in [-0.15, -0.1) is 10.2 Å². The molecule has 2 rings (SSSR count). The number of aromatic nitrogens is 3. The summed E-state index contributed by atoms with van der Waals surface area (Å²) in [6.07, 6.45) is 0. The minimum Gasteiger partial charge on any atom is -0.464 e. The first kappa shape index (κ1) is 12.9. The molecule has 0 atom stereocenters. The molecule has 1 N–H and O–H groups in total. The topological polar surface area (TPSA) is 77.0 Å². The predicted molar refractivity (Wildman–Crippen MR) is 69.7 cm³/mol. The van der Waals surface area contributed by atoms with Crippen molar-refractivity contribution in [1.29, 1.82) is 0 Å². The highest BCUT2D eigenvalue weighted by Gasteiger charge is 2.07. The summed E-state index contributed by atoms with van der Waals surface area (Å²) in [6.45, 7) is 2.49. The van der Waals surface area contributed by atoms with Gasteiger partial charge in [-0.1, -0.05) is 6.07 Å². The van der Waals surface area contributed by atoms with Gasteiger partial charge in [0.1, 0.15) is 5.82 Å². The Balaban J connectivity index is 1.98. The van der Waals surface area contributed by atoms with Gasteiger partial charge in [0, 0.05) is 5.69 Å². The van der Waals surface area contributed by atoms with E-state index in [0.29, 0.717) is 12.4 Å². The van der Waals surface area contributed by atoms with Crippen molar-refractivity contribution in [2.45, 2.75) is 13.5 Å². The number of carbonyl (C=O) groups is 1. The smallest absolute Gasteiger partial charge is 0.358 e. The van der Waals surface area contributed by atoms with E-state index >= 15 is 0 Å². The van der Waals surface area contributed by atoms with Gasteiger partial charge in [-0.25, -0.2) is 4.79 Å². The molecule has 0 unspecified atom stereocenters. The first-order valence-electron chi connectivity index (χ1n) is 5.77. The zero-order chi connectivity index (χ0) is 13.7. The van der Waals surface area contributed by atoms with E-state index in [1.165, 1.54) is 7.11 Å². The third-order valence-corrected chi connectivity index (χ3v) is 2.46. The second kappa shape index (κ2) is 5.90. The number of nitrogens with zero attached hydrogens (tertiary/aromatic N) is 3.